The van der Waals surface area contributed by atoms with Crippen molar-refractivity contribution in [2.75, 3.05) is 0 Å². The topological polar surface area (TPSA) is 76.2 Å². The summed E-state index contributed by atoms with van der Waals surface area (Å²) in [4.78, 5) is 10.0. The van der Waals surface area contributed by atoms with E-state index in [4.69, 9.17) is 10.00 Å². The first kappa shape index (κ1) is 14.5. The van der Waals surface area contributed by atoms with Gasteiger partial charge in [-0.15, -0.1) is 0 Å². The van der Waals surface area contributed by atoms with E-state index in [1.807, 2.05) is 6.07 Å². The summed E-state index contributed by atoms with van der Waals surface area (Å²) in [5.74, 6) is -0.498. The highest BCUT2D eigenvalue weighted by molar-refractivity contribution is 5.34. The Morgan fingerprint density at radius 2 is 1.95 bits per heavy atom. The lowest BCUT2D eigenvalue weighted by Crippen LogP contribution is -2.00. The smallest absolute Gasteiger partial charge is 0.269 e. The molecule has 0 aliphatic heterocycles. The summed E-state index contributed by atoms with van der Waals surface area (Å²) >= 11 is 0. The number of nitro benzene ring substituents is 1. The summed E-state index contributed by atoms with van der Waals surface area (Å²) in [6.07, 6.45) is -0.0272. The van der Waals surface area contributed by atoms with Crippen LogP contribution in [-0.4, -0.2) is 4.92 Å². The Morgan fingerprint density at radius 1 is 1.24 bits per heavy atom. The van der Waals surface area contributed by atoms with Gasteiger partial charge in [-0.25, -0.2) is 4.39 Å². The maximum absolute atomic E-state index is 14.0. The lowest BCUT2D eigenvalue weighted by Gasteiger charge is -2.09. The number of rotatable bonds is 5. The summed E-state index contributed by atoms with van der Waals surface area (Å²) in [6.45, 7) is 0.0882. The molecule has 0 unspecified atom stereocenters. The van der Waals surface area contributed by atoms with E-state index in [9.17, 15) is 14.5 Å². The Kier molecular flexibility index (Phi) is 4.46. The molecule has 2 aromatic carbocycles. The van der Waals surface area contributed by atoms with Gasteiger partial charge >= 0.3 is 0 Å². The van der Waals surface area contributed by atoms with Crippen molar-refractivity contribution in [3.63, 3.8) is 0 Å². The van der Waals surface area contributed by atoms with Crippen molar-refractivity contribution in [2.24, 2.45) is 0 Å². The van der Waals surface area contributed by atoms with Gasteiger partial charge in [0.2, 0.25) is 0 Å². The number of halogens is 1. The monoisotopic (exact) mass is 286 g/mol. The highest BCUT2D eigenvalue weighted by Gasteiger charge is 2.09. The van der Waals surface area contributed by atoms with E-state index in [0.29, 0.717) is 5.56 Å². The van der Waals surface area contributed by atoms with Crippen LogP contribution in [-0.2, 0) is 13.0 Å². The van der Waals surface area contributed by atoms with Crippen LogP contribution in [0, 0.1) is 27.3 Å². The molecule has 21 heavy (non-hydrogen) atoms. The van der Waals surface area contributed by atoms with E-state index in [-0.39, 0.29) is 30.0 Å². The van der Waals surface area contributed by atoms with Crippen LogP contribution in [0.15, 0.2) is 42.5 Å². The average molecular weight is 286 g/mol. The zero-order chi connectivity index (χ0) is 15.2. The fourth-order valence-corrected chi connectivity index (χ4v) is 1.76. The van der Waals surface area contributed by atoms with Gasteiger partial charge < -0.3 is 4.74 Å². The first-order valence-corrected chi connectivity index (χ1v) is 6.12. The Morgan fingerprint density at radius 3 is 2.57 bits per heavy atom. The maximum Gasteiger partial charge on any atom is 0.269 e. The molecular formula is C15H11FN2O3. The molecule has 0 saturated heterocycles. The molecule has 0 amide bonds. The second kappa shape index (κ2) is 6.48. The van der Waals surface area contributed by atoms with Crippen LogP contribution >= 0.6 is 0 Å². The molecular weight excluding hydrogens is 275 g/mol. The molecule has 0 radical (unpaired) electrons. The lowest BCUT2D eigenvalue weighted by molar-refractivity contribution is -0.384. The van der Waals surface area contributed by atoms with Gasteiger partial charge in [0.25, 0.3) is 5.69 Å². The van der Waals surface area contributed by atoms with Crippen molar-refractivity contribution in [3.05, 3.63) is 69.5 Å². The first-order valence-electron chi connectivity index (χ1n) is 6.12. The quantitative estimate of drug-likeness (QED) is 0.623. The Balaban J connectivity index is 2.08. The van der Waals surface area contributed by atoms with Gasteiger partial charge in [0.15, 0.2) is 11.6 Å². The largest absolute Gasteiger partial charge is 0.486 e. The lowest BCUT2D eigenvalue weighted by atomic mass is 10.1. The number of non-ortho nitro benzene ring substituents is 1. The second-order valence-corrected chi connectivity index (χ2v) is 4.28. The zero-order valence-electron chi connectivity index (χ0n) is 11.0. The van der Waals surface area contributed by atoms with Crippen molar-refractivity contribution in [1.82, 2.24) is 0 Å². The van der Waals surface area contributed by atoms with E-state index in [2.05, 4.69) is 0 Å². The van der Waals surface area contributed by atoms with Gasteiger partial charge in [-0.05, 0) is 23.8 Å². The maximum atomic E-state index is 14.0. The molecule has 5 nitrogen and oxygen atoms in total. The van der Waals surface area contributed by atoms with Crippen LogP contribution in [0.4, 0.5) is 10.1 Å². The predicted octanol–water partition coefficient (Wildman–Crippen LogP) is 3.38. The minimum atomic E-state index is -0.555. The third-order valence-electron chi connectivity index (χ3n) is 2.85. The number of nitrogens with zero attached hydrogens (tertiary/aromatic N) is 2. The standard InChI is InChI=1S/C15H11FN2O3/c16-15-12(8-9-17)2-1-3-14(15)21-10-11-4-6-13(7-5-11)18(19)20/h1-7H,8,10H2. The van der Waals surface area contributed by atoms with Crippen molar-refractivity contribution in [2.45, 2.75) is 13.0 Å². The molecule has 0 heterocycles. The fourth-order valence-electron chi connectivity index (χ4n) is 1.76. The normalized spacial score (nSPS) is 9.90. The molecule has 0 saturated carbocycles. The van der Waals surface area contributed by atoms with E-state index in [1.165, 1.54) is 24.3 Å². The molecule has 106 valence electrons. The SMILES string of the molecule is N#CCc1cccc(OCc2ccc([N+](=O)[O-])cc2)c1F. The number of nitriles is 1. The van der Waals surface area contributed by atoms with Gasteiger partial charge in [0.05, 0.1) is 17.4 Å². The summed E-state index contributed by atoms with van der Waals surface area (Å²) in [5.41, 5.74) is 0.949. The molecule has 2 aromatic rings. The highest BCUT2D eigenvalue weighted by atomic mass is 19.1. The van der Waals surface area contributed by atoms with Crippen LogP contribution in [0.2, 0.25) is 0 Å². The molecule has 0 spiro atoms. The number of hydrogen-bond acceptors (Lipinski definition) is 4. The molecule has 2 rings (SSSR count). The summed E-state index contributed by atoms with van der Waals surface area (Å²) < 4.78 is 19.3. The number of nitro groups is 1. The molecule has 0 fully saturated rings. The third kappa shape index (κ3) is 3.54. The molecule has 0 atom stereocenters. The van der Waals surface area contributed by atoms with E-state index in [1.54, 1.807) is 18.2 Å². The summed E-state index contributed by atoms with van der Waals surface area (Å²) in [5, 5.41) is 19.1. The van der Waals surface area contributed by atoms with Crippen molar-refractivity contribution < 1.29 is 14.1 Å². The Hall–Kier alpha value is -2.94. The number of hydrogen-bond donors (Lipinski definition) is 0. The van der Waals surface area contributed by atoms with Gasteiger partial charge in [-0.1, -0.05) is 12.1 Å². The summed E-state index contributed by atoms with van der Waals surface area (Å²) in [7, 11) is 0. The minimum absolute atomic E-state index is 0.0130. The zero-order valence-corrected chi connectivity index (χ0v) is 11.0. The molecule has 6 heteroatoms. The first-order chi connectivity index (χ1) is 10.1. The van der Waals surface area contributed by atoms with Crippen molar-refractivity contribution in [1.29, 1.82) is 5.26 Å². The predicted molar refractivity (Wildman–Crippen MR) is 73.1 cm³/mol. The van der Waals surface area contributed by atoms with Gasteiger partial charge in [0, 0.05) is 17.7 Å². The fraction of sp³-hybridized carbons (Fsp3) is 0.133. The van der Waals surface area contributed by atoms with E-state index >= 15 is 0 Å². The molecule has 0 aliphatic rings. The number of ether oxygens (including phenoxy) is 1. The van der Waals surface area contributed by atoms with Gasteiger partial charge in [-0.2, -0.15) is 5.26 Å². The van der Waals surface area contributed by atoms with Crippen LogP contribution in [0.25, 0.3) is 0 Å². The van der Waals surface area contributed by atoms with E-state index < -0.39 is 10.7 Å². The molecule has 0 aromatic heterocycles. The van der Waals surface area contributed by atoms with E-state index in [0.717, 1.165) is 0 Å². The van der Waals surface area contributed by atoms with Crippen LogP contribution in [0.5, 0.6) is 5.75 Å². The molecule has 0 bridgehead atoms. The molecule has 0 N–H and O–H groups in total. The van der Waals surface area contributed by atoms with Crippen LogP contribution < -0.4 is 4.74 Å². The third-order valence-corrected chi connectivity index (χ3v) is 2.85. The second-order valence-electron chi connectivity index (χ2n) is 4.28. The molecule has 0 aliphatic carbocycles. The van der Waals surface area contributed by atoms with Crippen molar-refractivity contribution in [3.8, 4) is 11.8 Å². The van der Waals surface area contributed by atoms with Crippen LogP contribution in [0.1, 0.15) is 11.1 Å². The Bertz CT molecular complexity index is 693. The summed E-state index contributed by atoms with van der Waals surface area (Å²) in [6, 6.07) is 12.3. The number of benzene rings is 2. The minimum Gasteiger partial charge on any atom is -0.486 e. The van der Waals surface area contributed by atoms with Crippen molar-refractivity contribution >= 4 is 5.69 Å². The highest BCUT2D eigenvalue weighted by Crippen LogP contribution is 2.22. The van der Waals surface area contributed by atoms with Gasteiger partial charge in [-0.3, -0.25) is 10.1 Å². The Labute approximate surface area is 120 Å². The average Bonchev–Trinajstić information content (AvgIpc) is 2.49. The van der Waals surface area contributed by atoms with Gasteiger partial charge in [0.1, 0.15) is 6.61 Å². The van der Waals surface area contributed by atoms with Crippen LogP contribution in [0.3, 0.4) is 0 Å².